The first kappa shape index (κ1) is 16.3. The molecule has 0 aliphatic carbocycles. The number of halogens is 1. The van der Waals surface area contributed by atoms with Crippen LogP contribution in [-0.4, -0.2) is 23.9 Å². The van der Waals surface area contributed by atoms with Crippen LogP contribution in [0.2, 0.25) is 5.02 Å². The molecule has 3 aromatic rings. The number of anilines is 1. The highest BCUT2D eigenvalue weighted by atomic mass is 35.5. The minimum absolute atomic E-state index is 0.0168. The molecule has 7 nitrogen and oxygen atoms in total. The summed E-state index contributed by atoms with van der Waals surface area (Å²) in [5, 5.41) is 0.955. The molecule has 0 saturated carbocycles. The van der Waals surface area contributed by atoms with Crippen LogP contribution in [0.25, 0.3) is 11.0 Å². The Kier molecular flexibility index (Phi) is 3.94. The van der Waals surface area contributed by atoms with Gasteiger partial charge in [0.05, 0.1) is 11.3 Å². The molecule has 0 unspecified atom stereocenters. The van der Waals surface area contributed by atoms with Crippen LogP contribution in [0.3, 0.4) is 0 Å². The molecule has 0 spiro atoms. The molecule has 2 heterocycles. The average molecular weight is 365 g/mol. The van der Waals surface area contributed by atoms with Crippen LogP contribution in [-0.2, 0) is 17.1 Å². The van der Waals surface area contributed by atoms with Crippen molar-refractivity contribution < 1.29 is 13.2 Å². The number of fused-ring (bicyclic) bond motifs is 1. The van der Waals surface area contributed by atoms with Crippen molar-refractivity contribution in [2.45, 2.75) is 4.90 Å². The van der Waals surface area contributed by atoms with Gasteiger partial charge in [-0.1, -0.05) is 11.6 Å². The van der Waals surface area contributed by atoms with Crippen LogP contribution in [0.5, 0.6) is 0 Å². The topological polar surface area (TPSA) is 107 Å². The minimum Gasteiger partial charge on any atom is -0.366 e. The van der Waals surface area contributed by atoms with Gasteiger partial charge in [-0.05, 0) is 30.3 Å². The van der Waals surface area contributed by atoms with Crippen LogP contribution in [0, 0.1) is 0 Å². The lowest BCUT2D eigenvalue weighted by molar-refractivity contribution is 0.100. The SMILES string of the molecule is Cn1ccc2cc(S(=O)(=O)Nc3cc(Cl)ccc3C(N)=O)cnc21. The Hall–Kier alpha value is -2.58. The Bertz CT molecular complexity index is 1060. The van der Waals surface area contributed by atoms with Crippen LogP contribution < -0.4 is 10.5 Å². The third-order valence-corrected chi connectivity index (χ3v) is 5.05. The van der Waals surface area contributed by atoms with E-state index in [0.717, 1.165) is 0 Å². The van der Waals surface area contributed by atoms with Gasteiger partial charge in [0.2, 0.25) is 0 Å². The summed E-state index contributed by atoms with van der Waals surface area (Å²) in [5.74, 6) is -0.763. The molecule has 24 heavy (non-hydrogen) atoms. The second-order valence-corrected chi connectivity index (χ2v) is 7.29. The molecule has 124 valence electrons. The summed E-state index contributed by atoms with van der Waals surface area (Å²) >= 11 is 5.88. The standard InChI is InChI=1S/C15H13ClN4O3S/c1-20-5-4-9-6-11(8-18-15(9)20)24(22,23)19-13-7-10(16)2-3-12(13)14(17)21/h2-8,19H,1H3,(H2,17,21). The molecule has 1 aromatic carbocycles. The van der Waals surface area contributed by atoms with E-state index in [-0.39, 0.29) is 21.2 Å². The molecule has 0 aliphatic rings. The number of carbonyl (C=O) groups excluding carboxylic acids is 1. The molecule has 0 radical (unpaired) electrons. The second-order valence-electron chi connectivity index (χ2n) is 5.17. The Morgan fingerprint density at radius 2 is 2.04 bits per heavy atom. The lowest BCUT2D eigenvalue weighted by Gasteiger charge is -2.11. The van der Waals surface area contributed by atoms with Crippen LogP contribution in [0.1, 0.15) is 10.4 Å². The number of rotatable bonds is 4. The number of pyridine rings is 1. The van der Waals surface area contributed by atoms with Crippen molar-refractivity contribution >= 4 is 44.3 Å². The number of benzene rings is 1. The fourth-order valence-electron chi connectivity index (χ4n) is 2.30. The van der Waals surface area contributed by atoms with Gasteiger partial charge in [-0.25, -0.2) is 13.4 Å². The number of hydrogen-bond donors (Lipinski definition) is 2. The van der Waals surface area contributed by atoms with Gasteiger partial charge in [-0.3, -0.25) is 9.52 Å². The number of primary amides is 1. The summed E-state index contributed by atoms with van der Waals surface area (Å²) in [5.41, 5.74) is 5.97. The van der Waals surface area contributed by atoms with Gasteiger partial charge in [-0.2, -0.15) is 0 Å². The molecule has 0 fully saturated rings. The zero-order valence-corrected chi connectivity index (χ0v) is 14.1. The first-order valence-corrected chi connectivity index (χ1v) is 8.67. The number of sulfonamides is 1. The van der Waals surface area contributed by atoms with Crippen molar-refractivity contribution in [3.8, 4) is 0 Å². The zero-order valence-electron chi connectivity index (χ0n) is 12.5. The van der Waals surface area contributed by atoms with Gasteiger partial charge >= 0.3 is 0 Å². The van der Waals surface area contributed by atoms with Crippen molar-refractivity contribution in [2.24, 2.45) is 12.8 Å². The average Bonchev–Trinajstić information content (AvgIpc) is 2.87. The third-order valence-electron chi connectivity index (χ3n) is 3.48. The molecule has 0 bridgehead atoms. The number of carbonyl (C=O) groups is 1. The van der Waals surface area contributed by atoms with E-state index in [1.165, 1.54) is 30.5 Å². The molecule has 3 rings (SSSR count). The zero-order chi connectivity index (χ0) is 17.5. The maximum atomic E-state index is 12.6. The smallest absolute Gasteiger partial charge is 0.263 e. The number of aromatic nitrogens is 2. The maximum absolute atomic E-state index is 12.6. The van der Waals surface area contributed by atoms with E-state index in [9.17, 15) is 13.2 Å². The molecule has 0 aliphatic heterocycles. The normalized spacial score (nSPS) is 11.6. The summed E-state index contributed by atoms with van der Waals surface area (Å²) < 4.78 is 29.3. The van der Waals surface area contributed by atoms with E-state index in [1.54, 1.807) is 16.8 Å². The summed E-state index contributed by atoms with van der Waals surface area (Å²) in [6, 6.07) is 7.40. The second kappa shape index (κ2) is 5.81. The Morgan fingerprint density at radius 3 is 2.75 bits per heavy atom. The van der Waals surface area contributed by atoms with E-state index in [0.29, 0.717) is 11.0 Å². The van der Waals surface area contributed by atoms with Crippen molar-refractivity contribution in [2.75, 3.05) is 4.72 Å². The maximum Gasteiger partial charge on any atom is 0.263 e. The van der Waals surface area contributed by atoms with Gasteiger partial charge in [0.1, 0.15) is 10.5 Å². The van der Waals surface area contributed by atoms with Crippen LogP contribution in [0.4, 0.5) is 5.69 Å². The molecule has 9 heteroatoms. The predicted octanol–water partition coefficient (Wildman–Crippen LogP) is 2.13. The highest BCUT2D eigenvalue weighted by Crippen LogP contribution is 2.25. The van der Waals surface area contributed by atoms with E-state index < -0.39 is 15.9 Å². The monoisotopic (exact) mass is 364 g/mol. The largest absolute Gasteiger partial charge is 0.366 e. The molecule has 0 atom stereocenters. The van der Waals surface area contributed by atoms with E-state index >= 15 is 0 Å². The number of hydrogen-bond acceptors (Lipinski definition) is 4. The van der Waals surface area contributed by atoms with Crippen molar-refractivity contribution in [1.29, 1.82) is 0 Å². The quantitative estimate of drug-likeness (QED) is 0.739. The first-order valence-electron chi connectivity index (χ1n) is 6.81. The van der Waals surface area contributed by atoms with Gasteiger partial charge in [-0.15, -0.1) is 0 Å². The molecule has 2 aromatic heterocycles. The summed E-state index contributed by atoms with van der Waals surface area (Å²) in [4.78, 5) is 15.6. The van der Waals surface area contributed by atoms with Crippen molar-refractivity contribution in [3.63, 3.8) is 0 Å². The third kappa shape index (κ3) is 2.93. The molecular weight excluding hydrogens is 352 g/mol. The lowest BCUT2D eigenvalue weighted by atomic mass is 10.2. The van der Waals surface area contributed by atoms with E-state index in [4.69, 9.17) is 17.3 Å². The fourth-order valence-corrected chi connectivity index (χ4v) is 3.52. The molecule has 3 N–H and O–H groups in total. The van der Waals surface area contributed by atoms with E-state index in [2.05, 4.69) is 9.71 Å². The first-order chi connectivity index (χ1) is 11.3. The molecular formula is C15H13ClN4O3S. The fraction of sp³-hybridized carbons (Fsp3) is 0.0667. The van der Waals surface area contributed by atoms with Gasteiger partial charge in [0.15, 0.2) is 0 Å². The Labute approximate surface area is 143 Å². The van der Waals surface area contributed by atoms with E-state index in [1.807, 2.05) is 7.05 Å². The number of nitrogens with one attached hydrogen (secondary N) is 1. The summed E-state index contributed by atoms with van der Waals surface area (Å²) in [6.45, 7) is 0. The van der Waals surface area contributed by atoms with Gasteiger partial charge in [0.25, 0.3) is 15.9 Å². The number of nitrogens with two attached hydrogens (primary N) is 1. The predicted molar refractivity (Wildman–Crippen MR) is 91.5 cm³/mol. The number of aryl methyl sites for hydroxylation is 1. The van der Waals surface area contributed by atoms with Gasteiger partial charge in [0, 0.05) is 29.9 Å². The Morgan fingerprint density at radius 1 is 1.29 bits per heavy atom. The summed E-state index contributed by atoms with van der Waals surface area (Å²) in [7, 11) is -2.14. The summed E-state index contributed by atoms with van der Waals surface area (Å²) in [6.07, 6.45) is 3.03. The van der Waals surface area contributed by atoms with Crippen LogP contribution in [0.15, 0.2) is 47.6 Å². The molecule has 1 amide bonds. The van der Waals surface area contributed by atoms with Gasteiger partial charge < -0.3 is 10.3 Å². The lowest BCUT2D eigenvalue weighted by Crippen LogP contribution is -2.18. The number of nitrogens with zero attached hydrogens (tertiary/aromatic N) is 2. The Balaban J connectivity index is 2.04. The van der Waals surface area contributed by atoms with Crippen molar-refractivity contribution in [3.05, 3.63) is 53.3 Å². The minimum atomic E-state index is -3.96. The highest BCUT2D eigenvalue weighted by molar-refractivity contribution is 7.92. The van der Waals surface area contributed by atoms with Crippen LogP contribution >= 0.6 is 11.6 Å². The highest BCUT2D eigenvalue weighted by Gasteiger charge is 2.19. The number of amides is 1. The molecule has 0 saturated heterocycles. The van der Waals surface area contributed by atoms with Crippen molar-refractivity contribution in [1.82, 2.24) is 9.55 Å².